The van der Waals surface area contributed by atoms with Crippen LogP contribution in [-0.4, -0.2) is 0 Å². The Kier molecular flexibility index (Phi) is 4.21. The summed E-state index contributed by atoms with van der Waals surface area (Å²) in [6.07, 6.45) is 6.25. The number of hydrogen-bond donors (Lipinski definition) is 0. The van der Waals surface area contributed by atoms with E-state index < -0.39 is 0 Å². The van der Waals surface area contributed by atoms with Crippen molar-refractivity contribution < 1.29 is 0 Å². The molecule has 3 aromatic carbocycles. The van der Waals surface area contributed by atoms with E-state index in [0.29, 0.717) is 11.3 Å². The van der Waals surface area contributed by atoms with E-state index in [2.05, 4.69) is 92.7 Å². The van der Waals surface area contributed by atoms with Gasteiger partial charge in [0.15, 0.2) is 0 Å². The molecule has 0 aromatic heterocycles. The average Bonchev–Trinajstić information content (AvgIpc) is 3.09. The second-order valence-corrected chi connectivity index (χ2v) is 7.36. The monoisotopic (exact) mass is 326 g/mol. The first kappa shape index (κ1) is 16.1. The fourth-order valence-corrected chi connectivity index (χ4v) is 4.47. The first-order valence-corrected chi connectivity index (χ1v) is 9.52. The molecule has 3 aromatic rings. The number of rotatable bonds is 4. The number of hydrogen-bond acceptors (Lipinski definition) is 0. The van der Waals surface area contributed by atoms with Gasteiger partial charge in [0.25, 0.3) is 0 Å². The van der Waals surface area contributed by atoms with Crippen LogP contribution < -0.4 is 0 Å². The van der Waals surface area contributed by atoms with Gasteiger partial charge in [-0.3, -0.25) is 0 Å². The Morgan fingerprint density at radius 1 is 0.800 bits per heavy atom. The van der Waals surface area contributed by atoms with E-state index in [1.165, 1.54) is 46.7 Å². The highest BCUT2D eigenvalue weighted by Gasteiger charge is 2.37. The summed E-state index contributed by atoms with van der Waals surface area (Å²) >= 11 is 0. The Hall–Kier alpha value is -2.34. The molecule has 126 valence electrons. The van der Waals surface area contributed by atoms with Gasteiger partial charge in [0.1, 0.15) is 0 Å². The van der Waals surface area contributed by atoms with Crippen LogP contribution in [0.15, 0.2) is 78.9 Å². The summed E-state index contributed by atoms with van der Waals surface area (Å²) in [5, 5.41) is 2.71. The van der Waals surface area contributed by atoms with Crippen molar-refractivity contribution in [3.63, 3.8) is 0 Å². The van der Waals surface area contributed by atoms with Crippen molar-refractivity contribution in [1.82, 2.24) is 0 Å². The SMILES string of the molecule is CCC1(CC)C=C(c2cccc3ccccc23)[C@H](c2ccccc2)C1. The van der Waals surface area contributed by atoms with Crippen LogP contribution in [0, 0.1) is 5.41 Å². The molecule has 0 heteroatoms. The zero-order valence-corrected chi connectivity index (χ0v) is 15.2. The molecule has 0 aliphatic heterocycles. The third kappa shape index (κ3) is 2.80. The normalized spacial score (nSPS) is 19.1. The fourth-order valence-electron chi connectivity index (χ4n) is 4.47. The molecule has 0 spiro atoms. The molecular weight excluding hydrogens is 300 g/mol. The molecule has 0 heterocycles. The topological polar surface area (TPSA) is 0 Å². The van der Waals surface area contributed by atoms with Gasteiger partial charge in [-0.25, -0.2) is 0 Å². The predicted octanol–water partition coefficient (Wildman–Crippen LogP) is 7.22. The molecule has 0 bridgehead atoms. The van der Waals surface area contributed by atoms with Crippen LogP contribution in [0.3, 0.4) is 0 Å². The van der Waals surface area contributed by atoms with Crippen LogP contribution in [0.25, 0.3) is 16.3 Å². The molecule has 1 aliphatic rings. The van der Waals surface area contributed by atoms with Gasteiger partial charge in [0.05, 0.1) is 0 Å². The van der Waals surface area contributed by atoms with E-state index in [1.54, 1.807) is 0 Å². The minimum absolute atomic E-state index is 0.326. The van der Waals surface area contributed by atoms with E-state index >= 15 is 0 Å². The van der Waals surface area contributed by atoms with Crippen molar-refractivity contribution in [3.05, 3.63) is 90.0 Å². The molecule has 1 atom stereocenters. The van der Waals surface area contributed by atoms with E-state index in [-0.39, 0.29) is 0 Å². The summed E-state index contributed by atoms with van der Waals surface area (Å²) in [6, 6.07) is 26.6. The standard InChI is InChI=1S/C25H26/c1-3-25(4-2)17-23(20-11-6-5-7-12-20)24(18-25)22-16-10-14-19-13-8-9-15-21(19)22/h5-16,18,23H,3-4,17H2,1-2H3/t23-/m0/s1. The molecule has 0 N–H and O–H groups in total. The van der Waals surface area contributed by atoms with E-state index in [0.717, 1.165) is 0 Å². The van der Waals surface area contributed by atoms with Gasteiger partial charge in [0.2, 0.25) is 0 Å². The molecule has 25 heavy (non-hydrogen) atoms. The molecular formula is C25H26. The zero-order valence-electron chi connectivity index (χ0n) is 15.2. The van der Waals surface area contributed by atoms with Crippen LogP contribution >= 0.6 is 0 Å². The second kappa shape index (κ2) is 6.52. The largest absolute Gasteiger partial charge is 0.0738 e. The molecule has 0 nitrogen and oxygen atoms in total. The summed E-state index contributed by atoms with van der Waals surface area (Å²) in [4.78, 5) is 0. The second-order valence-electron chi connectivity index (χ2n) is 7.36. The number of allylic oxidation sites excluding steroid dienone is 2. The highest BCUT2D eigenvalue weighted by atomic mass is 14.4. The first-order chi connectivity index (χ1) is 12.3. The number of benzene rings is 3. The lowest BCUT2D eigenvalue weighted by atomic mass is 9.79. The Labute approximate surface area is 151 Å². The molecule has 0 amide bonds. The third-order valence-corrected chi connectivity index (χ3v) is 6.16. The molecule has 4 rings (SSSR count). The number of fused-ring (bicyclic) bond motifs is 1. The van der Waals surface area contributed by atoms with Crippen LogP contribution in [0.1, 0.15) is 50.2 Å². The van der Waals surface area contributed by atoms with Crippen LogP contribution in [0.4, 0.5) is 0 Å². The van der Waals surface area contributed by atoms with Crippen molar-refractivity contribution in [2.45, 2.75) is 39.0 Å². The van der Waals surface area contributed by atoms with Gasteiger partial charge in [0, 0.05) is 5.92 Å². The van der Waals surface area contributed by atoms with Crippen molar-refractivity contribution in [2.24, 2.45) is 5.41 Å². The Morgan fingerprint density at radius 3 is 2.24 bits per heavy atom. The highest BCUT2D eigenvalue weighted by Crippen LogP contribution is 2.53. The lowest BCUT2D eigenvalue weighted by Crippen LogP contribution is -2.13. The summed E-state index contributed by atoms with van der Waals surface area (Å²) < 4.78 is 0. The van der Waals surface area contributed by atoms with Gasteiger partial charge in [-0.05, 0) is 52.1 Å². The minimum atomic E-state index is 0.326. The third-order valence-electron chi connectivity index (χ3n) is 6.16. The average molecular weight is 326 g/mol. The van der Waals surface area contributed by atoms with Crippen LogP contribution in [-0.2, 0) is 0 Å². The lowest BCUT2D eigenvalue weighted by molar-refractivity contribution is 0.335. The minimum Gasteiger partial charge on any atom is -0.0738 e. The van der Waals surface area contributed by atoms with Crippen molar-refractivity contribution in [2.75, 3.05) is 0 Å². The molecule has 0 unspecified atom stereocenters. The molecule has 0 fully saturated rings. The van der Waals surface area contributed by atoms with E-state index in [9.17, 15) is 0 Å². The van der Waals surface area contributed by atoms with Crippen LogP contribution in [0.2, 0.25) is 0 Å². The van der Waals surface area contributed by atoms with Crippen molar-refractivity contribution >= 4 is 16.3 Å². The van der Waals surface area contributed by atoms with Crippen molar-refractivity contribution in [3.8, 4) is 0 Å². The molecule has 1 aliphatic carbocycles. The highest BCUT2D eigenvalue weighted by molar-refractivity contribution is 5.95. The van der Waals surface area contributed by atoms with E-state index in [4.69, 9.17) is 0 Å². The van der Waals surface area contributed by atoms with Gasteiger partial charge in [-0.1, -0.05) is 92.7 Å². The lowest BCUT2D eigenvalue weighted by Gasteiger charge is -2.25. The summed E-state index contributed by atoms with van der Waals surface area (Å²) in [5.41, 5.74) is 4.71. The molecule has 0 saturated heterocycles. The van der Waals surface area contributed by atoms with Gasteiger partial charge < -0.3 is 0 Å². The summed E-state index contributed by atoms with van der Waals surface area (Å²) in [6.45, 7) is 4.68. The van der Waals surface area contributed by atoms with Gasteiger partial charge in [-0.15, -0.1) is 0 Å². The van der Waals surface area contributed by atoms with E-state index in [1.807, 2.05) is 0 Å². The fraction of sp³-hybridized carbons (Fsp3) is 0.280. The Balaban J connectivity index is 1.91. The first-order valence-electron chi connectivity index (χ1n) is 9.52. The Morgan fingerprint density at radius 2 is 1.48 bits per heavy atom. The predicted molar refractivity (Wildman–Crippen MR) is 109 cm³/mol. The maximum absolute atomic E-state index is 2.60. The maximum atomic E-state index is 2.60. The van der Waals surface area contributed by atoms with Crippen molar-refractivity contribution in [1.29, 1.82) is 0 Å². The van der Waals surface area contributed by atoms with Gasteiger partial charge >= 0.3 is 0 Å². The molecule has 0 saturated carbocycles. The maximum Gasteiger partial charge on any atom is 0.0101 e. The molecule has 0 radical (unpaired) electrons. The van der Waals surface area contributed by atoms with Gasteiger partial charge in [-0.2, -0.15) is 0 Å². The quantitative estimate of drug-likeness (QED) is 0.475. The smallest absolute Gasteiger partial charge is 0.0101 e. The summed E-state index contributed by atoms with van der Waals surface area (Å²) in [7, 11) is 0. The summed E-state index contributed by atoms with van der Waals surface area (Å²) in [5.74, 6) is 0.493. The van der Waals surface area contributed by atoms with Crippen LogP contribution in [0.5, 0.6) is 0 Å². The Bertz CT molecular complexity index is 892. The zero-order chi connectivity index (χ0) is 17.3.